The normalized spacial score (nSPS) is 16.0. The van der Waals surface area contributed by atoms with Crippen LogP contribution in [0.5, 0.6) is 5.75 Å². The van der Waals surface area contributed by atoms with Crippen LogP contribution in [0.1, 0.15) is 69.0 Å². The largest absolute Gasteiger partial charge is 0.494 e. The monoisotopic (exact) mass is 460 g/mol. The van der Waals surface area contributed by atoms with Crippen molar-refractivity contribution in [3.8, 4) is 11.4 Å². The third kappa shape index (κ3) is 3.70. The van der Waals surface area contributed by atoms with Crippen LogP contribution in [0.2, 0.25) is 0 Å². The second kappa shape index (κ2) is 8.69. The lowest BCUT2D eigenvalue weighted by Gasteiger charge is -2.29. The van der Waals surface area contributed by atoms with Gasteiger partial charge in [0.1, 0.15) is 11.4 Å². The molecule has 0 unspecified atom stereocenters. The van der Waals surface area contributed by atoms with E-state index in [1.807, 2.05) is 0 Å². The first-order valence-electron chi connectivity index (χ1n) is 11.2. The fourth-order valence-corrected chi connectivity index (χ4v) is 4.66. The number of benzene rings is 2. The van der Waals surface area contributed by atoms with Crippen LogP contribution < -0.4 is 10.1 Å². The summed E-state index contributed by atoms with van der Waals surface area (Å²) in [5, 5.41) is 14.3. The van der Waals surface area contributed by atoms with Crippen LogP contribution in [0.15, 0.2) is 36.4 Å². The average Bonchev–Trinajstić information content (AvgIpc) is 3.39. The third-order valence-corrected chi connectivity index (χ3v) is 6.41. The summed E-state index contributed by atoms with van der Waals surface area (Å²) < 4.78 is 6.91. The summed E-state index contributed by atoms with van der Waals surface area (Å²) in [7, 11) is 1.54. The number of methoxy groups -OCH3 is 1. The second-order valence-corrected chi connectivity index (χ2v) is 8.51. The van der Waals surface area contributed by atoms with Gasteiger partial charge in [-0.1, -0.05) is 19.3 Å². The molecule has 1 fully saturated rings. The molecule has 1 aromatic heterocycles. The Morgan fingerprint density at radius 2 is 1.79 bits per heavy atom. The summed E-state index contributed by atoms with van der Waals surface area (Å²) >= 11 is 0. The molecule has 2 aromatic carbocycles. The Bertz CT molecular complexity index is 1290. The number of hydrogen-bond donors (Lipinski definition) is 1. The fourth-order valence-electron chi connectivity index (χ4n) is 4.66. The predicted octanol–water partition coefficient (Wildman–Crippen LogP) is 3.16. The molecule has 3 amide bonds. The molecule has 0 bridgehead atoms. The summed E-state index contributed by atoms with van der Waals surface area (Å²) in [6.07, 6.45) is 4.82. The van der Waals surface area contributed by atoms with Gasteiger partial charge >= 0.3 is 0 Å². The number of nitrogens with zero attached hydrogens (tertiary/aromatic N) is 5. The van der Waals surface area contributed by atoms with Crippen molar-refractivity contribution in [3.05, 3.63) is 58.9 Å². The summed E-state index contributed by atoms with van der Waals surface area (Å²) in [6, 6.07) is 9.69. The molecular weight excluding hydrogens is 436 g/mol. The smallest absolute Gasteiger partial charge is 0.261 e. The highest BCUT2D eigenvalue weighted by molar-refractivity contribution is 6.22. The van der Waals surface area contributed by atoms with Crippen molar-refractivity contribution in [2.24, 2.45) is 0 Å². The second-order valence-electron chi connectivity index (χ2n) is 8.51. The van der Waals surface area contributed by atoms with Gasteiger partial charge in [-0.2, -0.15) is 4.68 Å². The van der Waals surface area contributed by atoms with Crippen molar-refractivity contribution >= 4 is 23.4 Å². The van der Waals surface area contributed by atoms with E-state index in [-0.39, 0.29) is 23.4 Å². The predicted molar refractivity (Wildman–Crippen MR) is 122 cm³/mol. The minimum absolute atomic E-state index is 0.0640. The number of nitrogens with one attached hydrogen (secondary N) is 1. The van der Waals surface area contributed by atoms with E-state index >= 15 is 0 Å². The zero-order valence-electron chi connectivity index (χ0n) is 18.9. The number of imide groups is 1. The average molecular weight is 460 g/mol. The molecule has 10 nitrogen and oxygen atoms in total. The molecule has 1 aliphatic carbocycles. The maximum atomic E-state index is 13.1. The van der Waals surface area contributed by atoms with Gasteiger partial charge in [-0.25, -0.2) is 0 Å². The van der Waals surface area contributed by atoms with Gasteiger partial charge in [0.2, 0.25) is 0 Å². The SMILES string of the molecule is COc1ccc(NC(=O)c2ccc3c(c2)C(=O)N(C2CCCCC2)C3=O)cc1-n1nnnc1C. The zero-order chi connectivity index (χ0) is 23.8. The highest BCUT2D eigenvalue weighted by Crippen LogP contribution is 2.32. The maximum absolute atomic E-state index is 13.1. The molecule has 0 spiro atoms. The van der Waals surface area contributed by atoms with E-state index in [1.165, 1.54) is 22.8 Å². The fraction of sp³-hybridized carbons (Fsp3) is 0.333. The Kier molecular flexibility index (Phi) is 5.56. The Labute approximate surface area is 195 Å². The van der Waals surface area contributed by atoms with Gasteiger partial charge in [0, 0.05) is 17.3 Å². The number of amides is 3. The third-order valence-electron chi connectivity index (χ3n) is 6.41. The van der Waals surface area contributed by atoms with Crippen LogP contribution in [0.4, 0.5) is 5.69 Å². The van der Waals surface area contributed by atoms with Gasteiger partial charge in [-0.05, 0) is 66.6 Å². The van der Waals surface area contributed by atoms with Crippen LogP contribution in [-0.2, 0) is 0 Å². The molecule has 1 saturated carbocycles. The lowest BCUT2D eigenvalue weighted by Crippen LogP contribution is -2.40. The lowest BCUT2D eigenvalue weighted by atomic mass is 9.94. The van der Waals surface area contributed by atoms with Crippen LogP contribution in [0.3, 0.4) is 0 Å². The summed E-state index contributed by atoms with van der Waals surface area (Å²) in [6.45, 7) is 1.75. The van der Waals surface area contributed by atoms with E-state index in [0.29, 0.717) is 34.1 Å². The lowest BCUT2D eigenvalue weighted by molar-refractivity contribution is 0.0549. The van der Waals surface area contributed by atoms with Crippen LogP contribution in [-0.4, -0.2) is 56.0 Å². The summed E-state index contributed by atoms with van der Waals surface area (Å²) in [5.41, 5.74) is 2.00. The van der Waals surface area contributed by atoms with Crippen LogP contribution in [0, 0.1) is 6.92 Å². The number of ether oxygens (including phenoxy) is 1. The Hall–Kier alpha value is -4.08. The van der Waals surface area contributed by atoms with Crippen molar-refractivity contribution < 1.29 is 19.1 Å². The number of carbonyl (C=O) groups is 3. The Morgan fingerprint density at radius 3 is 2.50 bits per heavy atom. The van der Waals surface area contributed by atoms with Gasteiger partial charge in [0.15, 0.2) is 5.82 Å². The summed E-state index contributed by atoms with van der Waals surface area (Å²) in [4.78, 5) is 40.3. The molecular formula is C24H24N6O4. The molecule has 174 valence electrons. The van der Waals surface area contributed by atoms with Crippen LogP contribution >= 0.6 is 0 Å². The number of carbonyl (C=O) groups excluding carboxylic acids is 3. The van der Waals surface area contributed by atoms with Crippen molar-refractivity contribution in [1.82, 2.24) is 25.1 Å². The van der Waals surface area contributed by atoms with Gasteiger partial charge in [-0.3, -0.25) is 19.3 Å². The number of tetrazole rings is 1. The van der Waals surface area contributed by atoms with E-state index in [2.05, 4.69) is 20.8 Å². The van der Waals surface area contributed by atoms with E-state index in [0.717, 1.165) is 32.1 Å². The Morgan fingerprint density at radius 1 is 1.03 bits per heavy atom. The topological polar surface area (TPSA) is 119 Å². The van der Waals surface area contributed by atoms with E-state index in [1.54, 1.807) is 37.3 Å². The molecule has 1 aliphatic heterocycles. The number of rotatable bonds is 5. The first-order chi connectivity index (χ1) is 16.5. The maximum Gasteiger partial charge on any atom is 0.261 e. The van der Waals surface area contributed by atoms with Gasteiger partial charge in [0.05, 0.1) is 18.2 Å². The quantitative estimate of drug-likeness (QED) is 0.581. The molecule has 0 atom stereocenters. The highest BCUT2D eigenvalue weighted by atomic mass is 16.5. The first-order valence-corrected chi connectivity index (χ1v) is 11.2. The number of aromatic nitrogens is 4. The van der Waals surface area contributed by atoms with Gasteiger partial charge in [-0.15, -0.1) is 5.10 Å². The van der Waals surface area contributed by atoms with E-state index in [9.17, 15) is 14.4 Å². The van der Waals surface area contributed by atoms with Crippen LogP contribution in [0.25, 0.3) is 5.69 Å². The summed E-state index contributed by atoms with van der Waals surface area (Å²) in [5.74, 6) is 0.116. The molecule has 5 rings (SSSR count). The van der Waals surface area contributed by atoms with Crippen molar-refractivity contribution in [1.29, 1.82) is 0 Å². The zero-order valence-corrected chi connectivity index (χ0v) is 18.9. The number of anilines is 1. The number of hydrogen-bond acceptors (Lipinski definition) is 7. The van der Waals surface area contributed by atoms with E-state index in [4.69, 9.17) is 4.74 Å². The molecule has 34 heavy (non-hydrogen) atoms. The molecule has 2 aliphatic rings. The molecule has 0 saturated heterocycles. The molecule has 3 aromatic rings. The van der Waals surface area contributed by atoms with Gasteiger partial charge in [0.25, 0.3) is 17.7 Å². The minimum Gasteiger partial charge on any atom is -0.494 e. The van der Waals surface area contributed by atoms with E-state index < -0.39 is 5.91 Å². The number of fused-ring (bicyclic) bond motifs is 1. The van der Waals surface area contributed by atoms with Crippen molar-refractivity contribution in [2.75, 3.05) is 12.4 Å². The van der Waals surface area contributed by atoms with Crippen molar-refractivity contribution in [2.45, 2.75) is 45.1 Å². The molecule has 0 radical (unpaired) electrons. The number of aryl methyl sites for hydroxylation is 1. The minimum atomic E-state index is -0.399. The standard InChI is InChI=1S/C24H24N6O4/c1-14-26-27-28-30(14)20-13-16(9-11-21(20)34-2)25-22(31)15-8-10-18-19(12-15)24(33)29(23(18)32)17-6-4-3-5-7-17/h8-13,17H,3-7H2,1-2H3,(H,25,31). The molecule has 1 N–H and O–H groups in total. The molecule has 2 heterocycles. The van der Waals surface area contributed by atoms with Gasteiger partial charge < -0.3 is 10.1 Å². The highest BCUT2D eigenvalue weighted by Gasteiger charge is 2.40. The molecule has 10 heteroatoms. The first kappa shape index (κ1) is 21.7. The van der Waals surface area contributed by atoms with Crippen molar-refractivity contribution in [3.63, 3.8) is 0 Å². The Balaban J connectivity index is 1.39.